The van der Waals surface area contributed by atoms with E-state index in [4.69, 9.17) is 4.74 Å². The minimum atomic E-state index is -2.08. The zero-order valence-electron chi connectivity index (χ0n) is 16.4. The van der Waals surface area contributed by atoms with E-state index in [-0.39, 0.29) is 17.0 Å². The Balaban J connectivity index is 2.04. The fourth-order valence-corrected chi connectivity index (χ4v) is 2.89. The first-order chi connectivity index (χ1) is 13.2. The second-order valence-corrected chi connectivity index (χ2v) is 8.00. The summed E-state index contributed by atoms with van der Waals surface area (Å²) in [5.41, 5.74) is -1.29. The minimum absolute atomic E-state index is 0.241. The molecule has 2 N–H and O–H groups in total. The number of para-hydroxylation sites is 1. The van der Waals surface area contributed by atoms with E-state index in [1.54, 1.807) is 54.6 Å². The lowest BCUT2D eigenvalue weighted by atomic mass is 9.86. The molecule has 0 aliphatic carbocycles. The van der Waals surface area contributed by atoms with E-state index < -0.39 is 23.4 Å². The largest absolute Gasteiger partial charge is 0.430 e. The standard InChI is InChI=1S/C22H24N2O4/c1-14(21(2,3)4)23-19(26)22(28-18(25)15-10-6-5-7-11-15)16-12-8-9-13-17(16)24-20(22)27/h5-14H,1-4H3,(H,23,26)(H,24,27). The second-order valence-electron chi connectivity index (χ2n) is 8.00. The van der Waals surface area contributed by atoms with Crippen LogP contribution in [0.4, 0.5) is 5.69 Å². The van der Waals surface area contributed by atoms with Crippen LogP contribution in [-0.4, -0.2) is 23.8 Å². The summed E-state index contributed by atoms with van der Waals surface area (Å²) < 4.78 is 5.64. The number of benzene rings is 2. The van der Waals surface area contributed by atoms with Gasteiger partial charge in [0, 0.05) is 17.3 Å². The molecule has 2 unspecified atom stereocenters. The van der Waals surface area contributed by atoms with Crippen molar-refractivity contribution in [3.05, 3.63) is 65.7 Å². The smallest absolute Gasteiger partial charge is 0.340 e. The average Bonchev–Trinajstić information content (AvgIpc) is 2.94. The number of nitrogens with one attached hydrogen (secondary N) is 2. The van der Waals surface area contributed by atoms with E-state index in [2.05, 4.69) is 10.6 Å². The highest BCUT2D eigenvalue weighted by Crippen LogP contribution is 2.40. The van der Waals surface area contributed by atoms with Crippen molar-refractivity contribution in [2.45, 2.75) is 39.3 Å². The highest BCUT2D eigenvalue weighted by molar-refractivity contribution is 6.20. The van der Waals surface area contributed by atoms with E-state index in [1.807, 2.05) is 27.7 Å². The summed E-state index contributed by atoms with van der Waals surface area (Å²) in [5, 5.41) is 5.51. The number of carbonyl (C=O) groups is 3. The maximum absolute atomic E-state index is 13.3. The highest BCUT2D eigenvalue weighted by atomic mass is 16.6. The lowest BCUT2D eigenvalue weighted by Gasteiger charge is -2.32. The van der Waals surface area contributed by atoms with Gasteiger partial charge >= 0.3 is 5.97 Å². The normalized spacial score (nSPS) is 19.4. The van der Waals surface area contributed by atoms with E-state index in [9.17, 15) is 14.4 Å². The molecule has 0 saturated heterocycles. The van der Waals surface area contributed by atoms with Crippen LogP contribution in [0.25, 0.3) is 0 Å². The lowest BCUT2D eigenvalue weighted by Crippen LogP contribution is -2.56. The molecule has 0 radical (unpaired) electrons. The molecule has 1 heterocycles. The van der Waals surface area contributed by atoms with Crippen molar-refractivity contribution >= 4 is 23.5 Å². The summed E-state index contributed by atoms with van der Waals surface area (Å²) >= 11 is 0. The molecule has 6 heteroatoms. The molecule has 2 aromatic rings. The first-order valence-corrected chi connectivity index (χ1v) is 9.16. The average molecular weight is 380 g/mol. The quantitative estimate of drug-likeness (QED) is 0.630. The Morgan fingerprint density at radius 2 is 1.64 bits per heavy atom. The fraction of sp³-hybridized carbons (Fsp3) is 0.318. The van der Waals surface area contributed by atoms with Crippen LogP contribution in [0.15, 0.2) is 54.6 Å². The number of rotatable bonds is 4. The Kier molecular flexibility index (Phi) is 4.98. The third-order valence-corrected chi connectivity index (χ3v) is 5.10. The number of fused-ring (bicyclic) bond motifs is 1. The van der Waals surface area contributed by atoms with E-state index in [0.717, 1.165) is 0 Å². The van der Waals surface area contributed by atoms with E-state index in [0.29, 0.717) is 11.3 Å². The van der Waals surface area contributed by atoms with Crippen molar-refractivity contribution < 1.29 is 19.1 Å². The van der Waals surface area contributed by atoms with Crippen molar-refractivity contribution in [2.24, 2.45) is 5.41 Å². The van der Waals surface area contributed by atoms with Crippen LogP contribution in [0.5, 0.6) is 0 Å². The minimum Gasteiger partial charge on any atom is -0.430 e. The zero-order valence-corrected chi connectivity index (χ0v) is 16.4. The van der Waals surface area contributed by atoms with Crippen molar-refractivity contribution in [3.63, 3.8) is 0 Å². The van der Waals surface area contributed by atoms with Crippen molar-refractivity contribution in [1.82, 2.24) is 5.32 Å². The van der Waals surface area contributed by atoms with E-state index >= 15 is 0 Å². The Bertz CT molecular complexity index is 918. The summed E-state index contributed by atoms with van der Waals surface area (Å²) in [6.07, 6.45) is 0. The van der Waals surface area contributed by atoms with Crippen LogP contribution in [0.2, 0.25) is 0 Å². The number of anilines is 1. The van der Waals surface area contributed by atoms with Gasteiger partial charge in [-0.25, -0.2) is 4.79 Å². The summed E-state index contributed by atoms with van der Waals surface area (Å²) in [4.78, 5) is 39.0. The molecule has 6 nitrogen and oxygen atoms in total. The maximum atomic E-state index is 13.3. The Hall–Kier alpha value is -3.15. The number of esters is 1. The van der Waals surface area contributed by atoms with Gasteiger partial charge in [-0.3, -0.25) is 9.59 Å². The van der Waals surface area contributed by atoms with Crippen molar-refractivity contribution in [1.29, 1.82) is 0 Å². The molecule has 3 rings (SSSR count). The molecule has 2 amide bonds. The SMILES string of the molecule is CC(NC(=O)C1(OC(=O)c2ccccc2)C(=O)Nc2ccccc21)C(C)(C)C. The Labute approximate surface area is 164 Å². The van der Waals surface area contributed by atoms with Gasteiger partial charge in [-0.2, -0.15) is 0 Å². The molecule has 0 saturated carbocycles. The summed E-state index contributed by atoms with van der Waals surface area (Å²) in [6, 6.07) is 14.8. The third kappa shape index (κ3) is 3.38. The molecule has 0 aromatic heterocycles. The number of hydrogen-bond acceptors (Lipinski definition) is 4. The van der Waals surface area contributed by atoms with Gasteiger partial charge in [0.1, 0.15) is 0 Å². The van der Waals surface area contributed by atoms with Gasteiger partial charge in [-0.05, 0) is 30.5 Å². The molecule has 0 spiro atoms. The first-order valence-electron chi connectivity index (χ1n) is 9.16. The van der Waals surface area contributed by atoms with Crippen LogP contribution in [-0.2, 0) is 19.9 Å². The molecule has 0 bridgehead atoms. The van der Waals surface area contributed by atoms with Crippen LogP contribution in [0.1, 0.15) is 43.6 Å². The summed E-state index contributed by atoms with van der Waals surface area (Å²) in [6.45, 7) is 7.78. The van der Waals surface area contributed by atoms with Gasteiger partial charge in [0.2, 0.25) is 0 Å². The fourth-order valence-electron chi connectivity index (χ4n) is 2.89. The number of amides is 2. The monoisotopic (exact) mass is 380 g/mol. The highest BCUT2D eigenvalue weighted by Gasteiger charge is 2.57. The second kappa shape index (κ2) is 7.11. The molecule has 0 fully saturated rings. The van der Waals surface area contributed by atoms with Crippen LogP contribution >= 0.6 is 0 Å². The van der Waals surface area contributed by atoms with Gasteiger partial charge < -0.3 is 15.4 Å². The Morgan fingerprint density at radius 1 is 1.04 bits per heavy atom. The van der Waals surface area contributed by atoms with Crippen LogP contribution in [0.3, 0.4) is 0 Å². The summed E-state index contributed by atoms with van der Waals surface area (Å²) in [5.74, 6) is -2.09. The third-order valence-electron chi connectivity index (χ3n) is 5.10. The zero-order chi connectivity index (χ0) is 20.5. The molecule has 2 atom stereocenters. The predicted octanol–water partition coefficient (Wildman–Crippen LogP) is 3.24. The molecule has 1 aliphatic rings. The van der Waals surface area contributed by atoms with Gasteiger partial charge in [-0.15, -0.1) is 0 Å². The number of hydrogen-bond donors (Lipinski definition) is 2. The molecule has 1 aliphatic heterocycles. The Morgan fingerprint density at radius 3 is 2.29 bits per heavy atom. The summed E-state index contributed by atoms with van der Waals surface area (Å²) in [7, 11) is 0. The molecule has 146 valence electrons. The van der Waals surface area contributed by atoms with Crippen LogP contribution in [0, 0.1) is 5.41 Å². The van der Waals surface area contributed by atoms with Gasteiger partial charge in [-0.1, -0.05) is 57.2 Å². The lowest BCUT2D eigenvalue weighted by molar-refractivity contribution is -0.152. The van der Waals surface area contributed by atoms with Gasteiger partial charge in [0.05, 0.1) is 5.56 Å². The predicted molar refractivity (Wildman–Crippen MR) is 106 cm³/mol. The molecule has 2 aromatic carbocycles. The number of ether oxygens (including phenoxy) is 1. The molecular formula is C22H24N2O4. The van der Waals surface area contributed by atoms with E-state index in [1.165, 1.54) is 0 Å². The molecule has 28 heavy (non-hydrogen) atoms. The molecular weight excluding hydrogens is 356 g/mol. The van der Waals surface area contributed by atoms with Crippen molar-refractivity contribution in [3.8, 4) is 0 Å². The topological polar surface area (TPSA) is 84.5 Å². The maximum Gasteiger partial charge on any atom is 0.340 e. The first kappa shape index (κ1) is 19.6. The van der Waals surface area contributed by atoms with Crippen molar-refractivity contribution in [2.75, 3.05) is 5.32 Å². The number of carbonyl (C=O) groups excluding carboxylic acids is 3. The van der Waals surface area contributed by atoms with Crippen LogP contribution < -0.4 is 10.6 Å². The van der Waals surface area contributed by atoms with Gasteiger partial charge in [0.15, 0.2) is 0 Å². The van der Waals surface area contributed by atoms with Gasteiger partial charge in [0.25, 0.3) is 17.4 Å².